The third kappa shape index (κ3) is 3.93. The number of nitrogens with two attached hydrogens (primary N) is 1. The summed E-state index contributed by atoms with van der Waals surface area (Å²) >= 11 is 5.23. The molecule has 148 valence electrons. The zero-order valence-electron chi connectivity index (χ0n) is 15.9. The SMILES string of the molecule is CC(C)CCCCn1c(Sc2cc3c(cc2Br)OCO3)nc2c(N)nccc21. The number of nitrogen functional groups attached to an aromatic ring is 1. The second-order valence-electron chi connectivity index (χ2n) is 7.24. The van der Waals surface area contributed by atoms with Gasteiger partial charge in [0.1, 0.15) is 5.52 Å². The van der Waals surface area contributed by atoms with E-state index < -0.39 is 0 Å². The molecule has 2 N–H and O–H groups in total. The number of pyridine rings is 1. The van der Waals surface area contributed by atoms with Gasteiger partial charge in [-0.2, -0.15) is 0 Å². The maximum atomic E-state index is 6.09. The fourth-order valence-corrected chi connectivity index (χ4v) is 4.76. The number of ether oxygens (including phenoxy) is 2. The summed E-state index contributed by atoms with van der Waals surface area (Å²) in [6, 6.07) is 5.91. The lowest BCUT2D eigenvalue weighted by atomic mass is 10.1. The summed E-state index contributed by atoms with van der Waals surface area (Å²) in [7, 11) is 0. The Kier molecular flexibility index (Phi) is 5.68. The predicted octanol–water partition coefficient (Wildman–Crippen LogP) is 5.48. The first-order chi connectivity index (χ1) is 13.5. The lowest BCUT2D eigenvalue weighted by Crippen LogP contribution is -2.01. The molecule has 8 heteroatoms. The molecular formula is C20H23BrN4O2S. The van der Waals surface area contributed by atoms with Crippen LogP contribution in [0.5, 0.6) is 11.5 Å². The van der Waals surface area contributed by atoms with Crippen LogP contribution in [0.25, 0.3) is 11.0 Å². The number of aryl methyl sites for hydroxylation is 1. The van der Waals surface area contributed by atoms with Crippen molar-refractivity contribution in [2.45, 2.75) is 49.7 Å². The molecule has 1 aromatic carbocycles. The Bertz CT molecular complexity index is 1010. The largest absolute Gasteiger partial charge is 0.454 e. The highest BCUT2D eigenvalue weighted by Crippen LogP contribution is 2.43. The Hall–Kier alpha value is -1.93. The normalized spacial score (nSPS) is 13.0. The molecule has 4 rings (SSSR count). The summed E-state index contributed by atoms with van der Waals surface area (Å²) in [5.41, 5.74) is 7.87. The zero-order valence-corrected chi connectivity index (χ0v) is 18.3. The van der Waals surface area contributed by atoms with Crippen LogP contribution in [0.3, 0.4) is 0 Å². The van der Waals surface area contributed by atoms with Crippen molar-refractivity contribution in [1.29, 1.82) is 0 Å². The fourth-order valence-electron chi connectivity index (χ4n) is 3.24. The number of hydrogen-bond acceptors (Lipinski definition) is 6. The molecule has 2 aromatic heterocycles. The van der Waals surface area contributed by atoms with Gasteiger partial charge < -0.3 is 19.8 Å². The highest BCUT2D eigenvalue weighted by atomic mass is 79.9. The Morgan fingerprint density at radius 3 is 2.82 bits per heavy atom. The van der Waals surface area contributed by atoms with Crippen LogP contribution in [-0.2, 0) is 6.54 Å². The minimum Gasteiger partial charge on any atom is -0.454 e. The van der Waals surface area contributed by atoms with Gasteiger partial charge in [0.2, 0.25) is 6.79 Å². The number of hydrogen-bond donors (Lipinski definition) is 1. The molecule has 1 aliphatic heterocycles. The molecule has 28 heavy (non-hydrogen) atoms. The molecule has 0 atom stereocenters. The summed E-state index contributed by atoms with van der Waals surface area (Å²) < 4.78 is 14.2. The monoisotopic (exact) mass is 462 g/mol. The van der Waals surface area contributed by atoms with Crippen LogP contribution in [0, 0.1) is 5.92 Å². The molecule has 0 aliphatic carbocycles. The molecule has 0 bridgehead atoms. The predicted molar refractivity (Wildman–Crippen MR) is 115 cm³/mol. The first-order valence-electron chi connectivity index (χ1n) is 9.40. The summed E-state index contributed by atoms with van der Waals surface area (Å²) in [5, 5.41) is 0.902. The second kappa shape index (κ2) is 8.21. The number of aromatic nitrogens is 3. The summed E-state index contributed by atoms with van der Waals surface area (Å²) in [5.74, 6) is 2.70. The zero-order chi connectivity index (χ0) is 19.7. The van der Waals surface area contributed by atoms with Crippen LogP contribution < -0.4 is 15.2 Å². The van der Waals surface area contributed by atoms with Crippen molar-refractivity contribution < 1.29 is 9.47 Å². The summed E-state index contributed by atoms with van der Waals surface area (Å²) in [6.07, 6.45) is 5.26. The highest BCUT2D eigenvalue weighted by Gasteiger charge is 2.20. The van der Waals surface area contributed by atoms with Crippen molar-refractivity contribution in [2.75, 3.05) is 12.5 Å². The number of nitrogens with zero attached hydrogens (tertiary/aromatic N) is 3. The first kappa shape index (κ1) is 19.4. The lowest BCUT2D eigenvalue weighted by molar-refractivity contribution is 0.174. The van der Waals surface area contributed by atoms with Crippen molar-refractivity contribution in [2.24, 2.45) is 5.92 Å². The number of fused-ring (bicyclic) bond motifs is 2. The summed E-state index contributed by atoms with van der Waals surface area (Å²) in [4.78, 5) is 10.0. The fraction of sp³-hybridized carbons (Fsp3) is 0.400. The van der Waals surface area contributed by atoms with Crippen LogP contribution in [0.1, 0.15) is 33.1 Å². The Balaban J connectivity index is 1.66. The average Bonchev–Trinajstić information content (AvgIpc) is 3.24. The molecule has 0 unspecified atom stereocenters. The van der Waals surface area contributed by atoms with E-state index in [4.69, 9.17) is 20.2 Å². The molecular weight excluding hydrogens is 440 g/mol. The molecule has 6 nitrogen and oxygen atoms in total. The van der Waals surface area contributed by atoms with Crippen LogP contribution in [0.15, 0.2) is 38.9 Å². The van der Waals surface area contributed by atoms with E-state index in [-0.39, 0.29) is 6.79 Å². The average molecular weight is 463 g/mol. The molecule has 0 spiro atoms. The van der Waals surface area contributed by atoms with E-state index in [9.17, 15) is 0 Å². The van der Waals surface area contributed by atoms with Gasteiger partial charge in [0.05, 0.1) is 5.52 Å². The number of rotatable bonds is 7. The number of benzene rings is 1. The molecule has 1 aliphatic rings. The number of imidazole rings is 1. The minimum atomic E-state index is 0.256. The van der Waals surface area contributed by atoms with Crippen molar-refractivity contribution in [1.82, 2.24) is 14.5 Å². The van der Waals surface area contributed by atoms with E-state index in [1.54, 1.807) is 18.0 Å². The van der Waals surface area contributed by atoms with E-state index in [1.165, 1.54) is 12.8 Å². The molecule has 0 amide bonds. The van der Waals surface area contributed by atoms with Crippen LogP contribution in [0.4, 0.5) is 5.82 Å². The molecule has 3 aromatic rings. The van der Waals surface area contributed by atoms with Crippen LogP contribution in [-0.4, -0.2) is 21.3 Å². The third-order valence-electron chi connectivity index (χ3n) is 4.70. The highest BCUT2D eigenvalue weighted by molar-refractivity contribution is 9.10. The van der Waals surface area contributed by atoms with Crippen LogP contribution in [0.2, 0.25) is 0 Å². The molecule has 0 fully saturated rings. The van der Waals surface area contributed by atoms with Gasteiger partial charge in [-0.05, 0) is 46.5 Å². The van der Waals surface area contributed by atoms with Gasteiger partial charge in [0, 0.05) is 22.1 Å². The van der Waals surface area contributed by atoms with Crippen molar-refractivity contribution >= 4 is 44.5 Å². The van der Waals surface area contributed by atoms with Crippen molar-refractivity contribution in [3.8, 4) is 11.5 Å². The van der Waals surface area contributed by atoms with E-state index in [0.717, 1.165) is 55.9 Å². The van der Waals surface area contributed by atoms with Gasteiger partial charge in [-0.15, -0.1) is 0 Å². The smallest absolute Gasteiger partial charge is 0.231 e. The second-order valence-corrected chi connectivity index (χ2v) is 9.10. The maximum absolute atomic E-state index is 6.09. The Morgan fingerprint density at radius 1 is 1.25 bits per heavy atom. The molecule has 3 heterocycles. The van der Waals surface area contributed by atoms with Gasteiger partial charge in [-0.3, -0.25) is 0 Å². The standard InChI is InChI=1S/C20H23BrN4O2S/c1-12(2)5-3-4-8-25-14-6-7-23-19(22)18(14)24-20(25)28-17-10-16-15(9-13(17)21)26-11-27-16/h6-7,9-10,12H,3-5,8,11H2,1-2H3,(H2,22,23). The number of unbranched alkanes of at least 4 members (excludes halogenated alkanes) is 1. The van der Waals surface area contributed by atoms with Crippen molar-refractivity contribution in [3.05, 3.63) is 28.9 Å². The van der Waals surface area contributed by atoms with Gasteiger partial charge in [-0.25, -0.2) is 9.97 Å². The van der Waals surface area contributed by atoms with Crippen LogP contribution >= 0.6 is 27.7 Å². The number of anilines is 1. The van der Waals surface area contributed by atoms with Gasteiger partial charge in [0.25, 0.3) is 0 Å². The molecule has 0 saturated carbocycles. The minimum absolute atomic E-state index is 0.256. The topological polar surface area (TPSA) is 75.2 Å². The first-order valence-corrected chi connectivity index (χ1v) is 11.0. The molecule has 0 saturated heterocycles. The van der Waals surface area contributed by atoms with E-state index in [1.807, 2.05) is 18.2 Å². The van der Waals surface area contributed by atoms with E-state index in [0.29, 0.717) is 5.82 Å². The number of halogens is 1. The maximum Gasteiger partial charge on any atom is 0.231 e. The van der Waals surface area contributed by atoms with E-state index >= 15 is 0 Å². The van der Waals surface area contributed by atoms with E-state index in [2.05, 4.69) is 39.3 Å². The summed E-state index contributed by atoms with van der Waals surface area (Å²) in [6.45, 7) is 5.68. The van der Waals surface area contributed by atoms with Gasteiger partial charge in [-0.1, -0.05) is 38.5 Å². The molecule has 0 radical (unpaired) electrons. The van der Waals surface area contributed by atoms with Gasteiger partial charge in [0.15, 0.2) is 22.5 Å². The van der Waals surface area contributed by atoms with Crippen molar-refractivity contribution in [3.63, 3.8) is 0 Å². The Morgan fingerprint density at radius 2 is 2.04 bits per heavy atom. The Labute approximate surface area is 176 Å². The van der Waals surface area contributed by atoms with Gasteiger partial charge >= 0.3 is 0 Å². The quantitative estimate of drug-likeness (QED) is 0.468. The lowest BCUT2D eigenvalue weighted by Gasteiger charge is -2.11. The third-order valence-corrected chi connectivity index (χ3v) is 6.67.